The van der Waals surface area contributed by atoms with E-state index in [0.717, 1.165) is 0 Å². The first-order chi connectivity index (χ1) is 8.11. The number of aryl methyl sites for hydroxylation is 1. The summed E-state index contributed by atoms with van der Waals surface area (Å²) in [5, 5.41) is 17.9. The van der Waals surface area contributed by atoms with Crippen LogP contribution in [0.1, 0.15) is 21.7 Å². The molecule has 0 radical (unpaired) electrons. The van der Waals surface area contributed by atoms with Gasteiger partial charge in [0.2, 0.25) is 0 Å². The lowest BCUT2D eigenvalue weighted by atomic mass is 10.2. The average molecular weight is 227 g/mol. The molecule has 0 atom stereocenters. The van der Waals surface area contributed by atoms with Gasteiger partial charge in [-0.3, -0.25) is 4.57 Å². The van der Waals surface area contributed by atoms with E-state index < -0.39 is 5.97 Å². The minimum absolute atomic E-state index is 0.157. The second-order valence-corrected chi connectivity index (χ2v) is 3.54. The molecule has 0 spiro atoms. The minimum atomic E-state index is -1.01. The van der Waals surface area contributed by atoms with E-state index in [9.17, 15) is 4.79 Å². The first-order valence-corrected chi connectivity index (χ1v) is 4.91. The standard InChI is InChI=1S/C12H9N3O2/c1-8-5-9(12(16)17)6-11(14-8)15-4-2-3-10(15)7-13/h2-6H,1H3,(H,16,17). The van der Waals surface area contributed by atoms with Crippen molar-refractivity contribution in [2.24, 2.45) is 0 Å². The number of nitriles is 1. The van der Waals surface area contributed by atoms with Crippen molar-refractivity contribution >= 4 is 5.97 Å². The quantitative estimate of drug-likeness (QED) is 0.847. The number of carboxylic acids is 1. The third-order valence-electron chi connectivity index (χ3n) is 2.30. The van der Waals surface area contributed by atoms with E-state index in [4.69, 9.17) is 10.4 Å². The Labute approximate surface area is 97.6 Å². The van der Waals surface area contributed by atoms with Gasteiger partial charge in [0.15, 0.2) is 0 Å². The number of pyridine rings is 1. The Balaban J connectivity index is 2.61. The largest absolute Gasteiger partial charge is 0.478 e. The average Bonchev–Trinajstić information content (AvgIpc) is 2.76. The molecule has 84 valence electrons. The number of hydrogen-bond donors (Lipinski definition) is 1. The zero-order chi connectivity index (χ0) is 12.4. The Morgan fingerprint density at radius 1 is 1.53 bits per heavy atom. The fourth-order valence-electron chi connectivity index (χ4n) is 1.57. The lowest BCUT2D eigenvalue weighted by Crippen LogP contribution is -2.04. The summed E-state index contributed by atoms with van der Waals surface area (Å²) < 4.78 is 1.56. The molecule has 1 N–H and O–H groups in total. The lowest BCUT2D eigenvalue weighted by Gasteiger charge is -2.06. The number of aromatic nitrogens is 2. The highest BCUT2D eigenvalue weighted by Crippen LogP contribution is 2.13. The lowest BCUT2D eigenvalue weighted by molar-refractivity contribution is 0.0696. The van der Waals surface area contributed by atoms with E-state index in [1.807, 2.05) is 6.07 Å². The van der Waals surface area contributed by atoms with Gasteiger partial charge >= 0.3 is 5.97 Å². The van der Waals surface area contributed by atoms with Gasteiger partial charge in [0, 0.05) is 11.9 Å². The van der Waals surface area contributed by atoms with Crippen LogP contribution in [0.2, 0.25) is 0 Å². The van der Waals surface area contributed by atoms with E-state index in [2.05, 4.69) is 4.98 Å². The van der Waals surface area contributed by atoms with Gasteiger partial charge in [-0.1, -0.05) is 0 Å². The zero-order valence-electron chi connectivity index (χ0n) is 9.08. The van der Waals surface area contributed by atoms with Crippen molar-refractivity contribution in [1.29, 1.82) is 5.26 Å². The predicted octanol–water partition coefficient (Wildman–Crippen LogP) is 1.75. The monoisotopic (exact) mass is 227 g/mol. The molecule has 5 nitrogen and oxygen atoms in total. The maximum absolute atomic E-state index is 10.9. The molecule has 2 heterocycles. The Bertz CT molecular complexity index is 623. The molecule has 0 aliphatic carbocycles. The molecule has 0 aliphatic heterocycles. The Morgan fingerprint density at radius 2 is 2.29 bits per heavy atom. The van der Waals surface area contributed by atoms with Crippen LogP contribution < -0.4 is 0 Å². The van der Waals surface area contributed by atoms with Crippen LogP contribution in [0.5, 0.6) is 0 Å². The molecule has 0 aliphatic rings. The van der Waals surface area contributed by atoms with E-state index in [1.54, 1.807) is 29.8 Å². The molecular weight excluding hydrogens is 218 g/mol. The van der Waals surface area contributed by atoms with Crippen LogP contribution in [0.4, 0.5) is 0 Å². The van der Waals surface area contributed by atoms with Crippen LogP contribution in [0, 0.1) is 18.3 Å². The van der Waals surface area contributed by atoms with Gasteiger partial charge in [-0.25, -0.2) is 9.78 Å². The minimum Gasteiger partial charge on any atom is -0.478 e. The second-order valence-electron chi connectivity index (χ2n) is 3.54. The molecule has 2 aromatic rings. The molecule has 0 saturated heterocycles. The van der Waals surface area contributed by atoms with Crippen molar-refractivity contribution in [2.45, 2.75) is 6.92 Å². The number of carboxylic acid groups (broad SMARTS) is 1. The number of aromatic carboxylic acids is 1. The predicted molar refractivity (Wildman–Crippen MR) is 60.0 cm³/mol. The van der Waals surface area contributed by atoms with Gasteiger partial charge in [0.1, 0.15) is 17.6 Å². The summed E-state index contributed by atoms with van der Waals surface area (Å²) in [5.74, 6) is -0.577. The smallest absolute Gasteiger partial charge is 0.335 e. The molecule has 5 heteroatoms. The van der Waals surface area contributed by atoms with Crippen molar-refractivity contribution in [3.05, 3.63) is 47.4 Å². The van der Waals surface area contributed by atoms with Crippen molar-refractivity contribution in [2.75, 3.05) is 0 Å². The fraction of sp³-hybridized carbons (Fsp3) is 0.0833. The number of rotatable bonds is 2. The summed E-state index contributed by atoms with van der Waals surface area (Å²) in [5.41, 5.74) is 1.17. The fourth-order valence-corrected chi connectivity index (χ4v) is 1.57. The number of hydrogen-bond acceptors (Lipinski definition) is 3. The van der Waals surface area contributed by atoms with Crippen LogP contribution in [0.25, 0.3) is 5.82 Å². The van der Waals surface area contributed by atoms with E-state index in [1.165, 1.54) is 12.1 Å². The van der Waals surface area contributed by atoms with Crippen molar-refractivity contribution < 1.29 is 9.90 Å². The third-order valence-corrected chi connectivity index (χ3v) is 2.30. The van der Waals surface area contributed by atoms with Gasteiger partial charge < -0.3 is 5.11 Å². The summed E-state index contributed by atoms with van der Waals surface area (Å²) in [6, 6.07) is 8.30. The first-order valence-electron chi connectivity index (χ1n) is 4.91. The van der Waals surface area contributed by atoms with Gasteiger partial charge in [-0.15, -0.1) is 0 Å². The topological polar surface area (TPSA) is 78.9 Å². The molecule has 2 rings (SSSR count). The maximum atomic E-state index is 10.9. The molecule has 0 unspecified atom stereocenters. The van der Waals surface area contributed by atoms with Crippen LogP contribution in [-0.4, -0.2) is 20.6 Å². The third kappa shape index (κ3) is 2.01. The number of carbonyl (C=O) groups is 1. The van der Waals surface area contributed by atoms with Gasteiger partial charge in [0.25, 0.3) is 0 Å². The summed E-state index contributed by atoms with van der Waals surface area (Å²) in [6.45, 7) is 1.71. The van der Waals surface area contributed by atoms with Crippen molar-refractivity contribution in [3.63, 3.8) is 0 Å². The molecular formula is C12H9N3O2. The highest BCUT2D eigenvalue weighted by Gasteiger charge is 2.09. The summed E-state index contributed by atoms with van der Waals surface area (Å²) in [7, 11) is 0. The normalized spacial score (nSPS) is 9.88. The van der Waals surface area contributed by atoms with Crippen molar-refractivity contribution in [3.8, 4) is 11.9 Å². The Kier molecular flexibility index (Phi) is 2.63. The second kappa shape index (κ2) is 4.10. The van der Waals surface area contributed by atoms with E-state index in [0.29, 0.717) is 17.2 Å². The van der Waals surface area contributed by atoms with Gasteiger partial charge in [-0.05, 0) is 31.2 Å². The molecule has 0 aromatic carbocycles. The highest BCUT2D eigenvalue weighted by molar-refractivity contribution is 5.88. The van der Waals surface area contributed by atoms with E-state index in [-0.39, 0.29) is 5.56 Å². The number of nitrogens with zero attached hydrogens (tertiary/aromatic N) is 3. The van der Waals surface area contributed by atoms with E-state index >= 15 is 0 Å². The highest BCUT2D eigenvalue weighted by atomic mass is 16.4. The molecule has 0 fully saturated rings. The van der Waals surface area contributed by atoms with Gasteiger partial charge in [-0.2, -0.15) is 5.26 Å². The zero-order valence-corrected chi connectivity index (χ0v) is 9.08. The maximum Gasteiger partial charge on any atom is 0.335 e. The molecule has 0 saturated carbocycles. The van der Waals surface area contributed by atoms with Crippen LogP contribution in [0.3, 0.4) is 0 Å². The molecule has 17 heavy (non-hydrogen) atoms. The first kappa shape index (κ1) is 10.9. The summed E-state index contributed by atoms with van der Waals surface area (Å²) >= 11 is 0. The summed E-state index contributed by atoms with van der Waals surface area (Å²) in [6.07, 6.45) is 1.67. The Morgan fingerprint density at radius 3 is 2.94 bits per heavy atom. The SMILES string of the molecule is Cc1cc(C(=O)O)cc(-n2cccc2C#N)n1. The molecule has 0 bridgehead atoms. The molecule has 0 amide bonds. The van der Waals surface area contributed by atoms with Gasteiger partial charge in [0.05, 0.1) is 5.56 Å². The van der Waals surface area contributed by atoms with Crippen LogP contribution in [-0.2, 0) is 0 Å². The Hall–Kier alpha value is -2.61. The summed E-state index contributed by atoms with van der Waals surface area (Å²) in [4.78, 5) is 15.1. The van der Waals surface area contributed by atoms with Crippen LogP contribution in [0.15, 0.2) is 30.5 Å². The molecule has 2 aromatic heterocycles. The van der Waals surface area contributed by atoms with Crippen molar-refractivity contribution in [1.82, 2.24) is 9.55 Å². The van der Waals surface area contributed by atoms with Crippen LogP contribution >= 0.6 is 0 Å².